The third-order valence-corrected chi connectivity index (χ3v) is 4.80. The molecule has 0 aliphatic rings. The van der Waals surface area contributed by atoms with Crippen molar-refractivity contribution in [1.82, 2.24) is 9.97 Å². The number of nitrogens with one attached hydrogen (secondary N) is 1. The first-order valence-corrected chi connectivity index (χ1v) is 8.35. The van der Waals surface area contributed by atoms with Gasteiger partial charge < -0.3 is 10.1 Å². The maximum atomic E-state index is 5.60. The van der Waals surface area contributed by atoms with Crippen molar-refractivity contribution in [3.8, 4) is 0 Å². The summed E-state index contributed by atoms with van der Waals surface area (Å²) in [6.07, 6.45) is 1.00. The second-order valence-corrected chi connectivity index (χ2v) is 6.92. The van der Waals surface area contributed by atoms with Crippen LogP contribution < -0.4 is 5.32 Å². The predicted molar refractivity (Wildman–Crippen MR) is 90.3 cm³/mol. The number of nitrogens with zero attached hydrogens (tertiary/aromatic N) is 2. The largest absolute Gasteiger partial charge is 0.373 e. The van der Waals surface area contributed by atoms with Gasteiger partial charge in [-0.05, 0) is 31.7 Å². The lowest BCUT2D eigenvalue weighted by Gasteiger charge is -2.19. The van der Waals surface area contributed by atoms with Gasteiger partial charge in [0, 0.05) is 18.5 Å². The first-order chi connectivity index (χ1) is 9.99. The smallest absolute Gasteiger partial charge is 0.161 e. The zero-order valence-electron chi connectivity index (χ0n) is 13.8. The van der Waals surface area contributed by atoms with E-state index in [1.54, 1.807) is 18.4 Å². The monoisotopic (exact) mass is 307 g/mol. The van der Waals surface area contributed by atoms with Gasteiger partial charge in [-0.15, -0.1) is 11.3 Å². The second kappa shape index (κ2) is 6.71. The Morgan fingerprint density at radius 2 is 1.95 bits per heavy atom. The molecule has 0 radical (unpaired) electrons. The Morgan fingerprint density at radius 1 is 1.24 bits per heavy atom. The van der Waals surface area contributed by atoms with Crippen LogP contribution in [-0.2, 0) is 4.74 Å². The van der Waals surface area contributed by atoms with Crippen molar-refractivity contribution in [2.75, 3.05) is 19.0 Å². The summed E-state index contributed by atoms with van der Waals surface area (Å²) in [5.74, 6) is 2.06. The van der Waals surface area contributed by atoms with Crippen LogP contribution >= 0.6 is 11.3 Å². The van der Waals surface area contributed by atoms with Crippen LogP contribution in [0.3, 0.4) is 0 Å². The van der Waals surface area contributed by atoms with Crippen LogP contribution in [0.4, 0.5) is 5.82 Å². The fourth-order valence-electron chi connectivity index (χ4n) is 2.44. The number of aryl methyl sites for hydroxylation is 2. The Morgan fingerprint density at radius 3 is 2.52 bits per heavy atom. The second-order valence-electron chi connectivity index (χ2n) is 5.72. The molecule has 1 N–H and O–H groups in total. The first-order valence-electron chi connectivity index (χ1n) is 7.53. The SMILES string of the molecule is CCCNc1nc(C(OC)C(C)C)nc2sc(C)c(C)c12. The average Bonchev–Trinajstić information content (AvgIpc) is 2.72. The number of thiophene rings is 1. The average molecular weight is 307 g/mol. The summed E-state index contributed by atoms with van der Waals surface area (Å²) in [7, 11) is 1.72. The molecule has 0 aliphatic heterocycles. The number of rotatable bonds is 6. The van der Waals surface area contributed by atoms with Crippen LogP contribution in [0, 0.1) is 19.8 Å². The van der Waals surface area contributed by atoms with E-state index in [4.69, 9.17) is 14.7 Å². The van der Waals surface area contributed by atoms with Crippen LogP contribution in [0.1, 0.15) is 49.6 Å². The minimum atomic E-state index is -0.0701. The Hall–Kier alpha value is -1.20. The summed E-state index contributed by atoms with van der Waals surface area (Å²) >= 11 is 1.73. The molecular formula is C16H25N3OS. The zero-order valence-corrected chi connectivity index (χ0v) is 14.6. The van der Waals surface area contributed by atoms with E-state index in [1.165, 1.54) is 10.4 Å². The summed E-state index contributed by atoms with van der Waals surface area (Å²) in [6, 6.07) is 0. The van der Waals surface area contributed by atoms with Gasteiger partial charge in [0.25, 0.3) is 0 Å². The molecule has 0 fully saturated rings. The molecule has 0 amide bonds. The predicted octanol–water partition coefficient (Wildman–Crippen LogP) is 4.47. The van der Waals surface area contributed by atoms with E-state index in [0.29, 0.717) is 5.92 Å². The van der Waals surface area contributed by atoms with Gasteiger partial charge in [0.15, 0.2) is 5.82 Å². The molecule has 0 spiro atoms. The third kappa shape index (κ3) is 3.19. The summed E-state index contributed by atoms with van der Waals surface area (Å²) in [5.41, 5.74) is 1.28. The van der Waals surface area contributed by atoms with Crippen LogP contribution in [0.5, 0.6) is 0 Å². The van der Waals surface area contributed by atoms with Gasteiger partial charge in [-0.25, -0.2) is 9.97 Å². The lowest BCUT2D eigenvalue weighted by Crippen LogP contribution is -2.14. The van der Waals surface area contributed by atoms with Crippen molar-refractivity contribution in [3.05, 3.63) is 16.3 Å². The number of ether oxygens (including phenoxy) is 1. The van der Waals surface area contributed by atoms with E-state index < -0.39 is 0 Å². The van der Waals surface area contributed by atoms with Gasteiger partial charge in [0.05, 0.1) is 5.39 Å². The normalized spacial score (nSPS) is 13.1. The van der Waals surface area contributed by atoms with Crippen LogP contribution in [0.15, 0.2) is 0 Å². The molecule has 0 aliphatic carbocycles. The van der Waals surface area contributed by atoms with Crippen LogP contribution in [-0.4, -0.2) is 23.6 Å². The molecule has 116 valence electrons. The summed E-state index contributed by atoms with van der Waals surface area (Å²) in [4.78, 5) is 11.9. The Kier molecular flexibility index (Phi) is 5.17. The van der Waals surface area contributed by atoms with Gasteiger partial charge in [0.1, 0.15) is 16.8 Å². The van der Waals surface area contributed by atoms with Gasteiger partial charge in [0.2, 0.25) is 0 Å². The maximum absolute atomic E-state index is 5.60. The Labute approximate surface area is 131 Å². The number of methoxy groups -OCH3 is 1. The molecule has 1 unspecified atom stereocenters. The van der Waals surface area contributed by atoms with E-state index in [9.17, 15) is 0 Å². The van der Waals surface area contributed by atoms with Gasteiger partial charge in [-0.2, -0.15) is 0 Å². The molecule has 2 aromatic rings. The van der Waals surface area contributed by atoms with Crippen molar-refractivity contribution >= 4 is 27.4 Å². The van der Waals surface area contributed by atoms with Crippen LogP contribution in [0.2, 0.25) is 0 Å². The highest BCUT2D eigenvalue weighted by atomic mass is 32.1. The van der Waals surface area contributed by atoms with Crippen LogP contribution in [0.25, 0.3) is 10.2 Å². The molecule has 1 atom stereocenters. The minimum Gasteiger partial charge on any atom is -0.373 e. The van der Waals surface area contributed by atoms with E-state index in [0.717, 1.165) is 34.8 Å². The van der Waals surface area contributed by atoms with Crippen molar-refractivity contribution in [2.24, 2.45) is 5.92 Å². The molecule has 2 heterocycles. The van der Waals surface area contributed by atoms with Crippen molar-refractivity contribution in [1.29, 1.82) is 0 Å². The number of hydrogen-bond acceptors (Lipinski definition) is 5. The molecule has 2 aromatic heterocycles. The summed E-state index contributed by atoms with van der Waals surface area (Å²) in [6.45, 7) is 11.6. The van der Waals surface area contributed by atoms with E-state index >= 15 is 0 Å². The highest BCUT2D eigenvalue weighted by Gasteiger charge is 2.22. The fraction of sp³-hybridized carbons (Fsp3) is 0.625. The Bertz CT molecular complexity index is 621. The molecule has 5 heteroatoms. The number of fused-ring (bicyclic) bond motifs is 1. The van der Waals surface area contributed by atoms with E-state index in [1.807, 2.05) is 0 Å². The van der Waals surface area contributed by atoms with Crippen molar-refractivity contribution in [3.63, 3.8) is 0 Å². The third-order valence-electron chi connectivity index (χ3n) is 3.70. The van der Waals surface area contributed by atoms with Crippen molar-refractivity contribution in [2.45, 2.75) is 47.1 Å². The highest BCUT2D eigenvalue weighted by Crippen LogP contribution is 2.35. The number of hydrogen-bond donors (Lipinski definition) is 1. The van der Waals surface area contributed by atoms with E-state index in [2.05, 4.69) is 39.9 Å². The zero-order chi connectivity index (χ0) is 15.6. The highest BCUT2D eigenvalue weighted by molar-refractivity contribution is 7.18. The lowest BCUT2D eigenvalue weighted by atomic mass is 10.1. The number of anilines is 1. The van der Waals surface area contributed by atoms with Gasteiger partial charge in [-0.1, -0.05) is 20.8 Å². The molecule has 0 saturated heterocycles. The number of aromatic nitrogens is 2. The molecule has 0 aromatic carbocycles. The Balaban J connectivity index is 2.59. The first kappa shape index (κ1) is 16.2. The summed E-state index contributed by atoms with van der Waals surface area (Å²) in [5, 5.41) is 4.61. The van der Waals surface area contributed by atoms with Crippen molar-refractivity contribution < 1.29 is 4.74 Å². The molecule has 2 rings (SSSR count). The van der Waals surface area contributed by atoms with Gasteiger partial charge in [-0.3, -0.25) is 0 Å². The standard InChI is InChI=1S/C16H25N3OS/c1-7-8-17-14-12-10(4)11(5)21-16(12)19-15(18-14)13(20-6)9(2)3/h9,13H,7-8H2,1-6H3,(H,17,18,19). The molecule has 4 nitrogen and oxygen atoms in total. The maximum Gasteiger partial charge on any atom is 0.161 e. The topological polar surface area (TPSA) is 47.0 Å². The summed E-state index contributed by atoms with van der Waals surface area (Å²) < 4.78 is 5.60. The molecule has 21 heavy (non-hydrogen) atoms. The lowest BCUT2D eigenvalue weighted by molar-refractivity contribution is 0.0579. The fourth-order valence-corrected chi connectivity index (χ4v) is 3.48. The molecule has 0 saturated carbocycles. The quantitative estimate of drug-likeness (QED) is 0.855. The molecule has 0 bridgehead atoms. The minimum absolute atomic E-state index is 0.0701. The molecular weight excluding hydrogens is 282 g/mol. The van der Waals surface area contributed by atoms with Gasteiger partial charge >= 0.3 is 0 Å². The van der Waals surface area contributed by atoms with E-state index in [-0.39, 0.29) is 6.10 Å².